The monoisotopic (exact) mass is 189 g/mol. The maximum absolute atomic E-state index is 9.51. The molecule has 5 nitrogen and oxygen atoms in total. The Morgan fingerprint density at radius 1 is 1.31 bits per heavy atom. The van der Waals surface area contributed by atoms with E-state index in [1.165, 1.54) is 0 Å². The number of aliphatic hydroxyl groups excluding tert-OH is 3. The van der Waals surface area contributed by atoms with Crippen LogP contribution in [0, 0.1) is 5.92 Å². The van der Waals surface area contributed by atoms with Crippen molar-refractivity contribution in [3.8, 4) is 0 Å². The van der Waals surface area contributed by atoms with Gasteiger partial charge in [0, 0.05) is 18.6 Å². The Morgan fingerprint density at radius 2 is 2.00 bits per heavy atom. The quantitative estimate of drug-likeness (QED) is 0.376. The highest BCUT2D eigenvalue weighted by molar-refractivity contribution is 5.02. The van der Waals surface area contributed by atoms with Gasteiger partial charge in [0.15, 0.2) is 0 Å². The fourth-order valence-electron chi connectivity index (χ4n) is 2.21. The van der Waals surface area contributed by atoms with Gasteiger partial charge in [0.1, 0.15) is 18.3 Å². The van der Waals surface area contributed by atoms with E-state index >= 15 is 0 Å². The Bertz CT molecular complexity index is 201. The summed E-state index contributed by atoms with van der Waals surface area (Å²) in [5.41, 5.74) is 5.77. The first-order chi connectivity index (χ1) is 6.15. The van der Waals surface area contributed by atoms with E-state index in [0.29, 0.717) is 6.42 Å². The molecule has 2 heterocycles. The smallest absolute Gasteiger partial charge is 0.110 e. The van der Waals surface area contributed by atoms with E-state index in [1.54, 1.807) is 0 Å². The van der Waals surface area contributed by atoms with E-state index < -0.39 is 18.3 Å². The second-order valence-corrected chi connectivity index (χ2v) is 3.88. The molecule has 6 atom stereocenters. The molecule has 0 unspecified atom stereocenters. The van der Waals surface area contributed by atoms with Crippen LogP contribution >= 0.6 is 0 Å². The van der Waals surface area contributed by atoms with Crippen LogP contribution in [0.15, 0.2) is 0 Å². The molecular formula is C8H15NO4. The SMILES string of the molecule is N[C@@H]1[C@H](CO)C[C@@H]2O[C@H]1[C@H](O)[C@H]2O. The molecule has 5 heteroatoms. The van der Waals surface area contributed by atoms with E-state index in [-0.39, 0.29) is 24.7 Å². The van der Waals surface area contributed by atoms with Gasteiger partial charge in [-0.25, -0.2) is 0 Å². The largest absolute Gasteiger partial charge is 0.396 e. The molecule has 2 fully saturated rings. The highest BCUT2D eigenvalue weighted by Gasteiger charge is 2.51. The minimum Gasteiger partial charge on any atom is -0.396 e. The van der Waals surface area contributed by atoms with E-state index in [1.807, 2.05) is 0 Å². The summed E-state index contributed by atoms with van der Waals surface area (Å²) in [6.45, 7) is -0.0169. The average Bonchev–Trinajstić information content (AvgIpc) is 2.37. The van der Waals surface area contributed by atoms with Gasteiger partial charge in [0.25, 0.3) is 0 Å². The van der Waals surface area contributed by atoms with Crippen molar-refractivity contribution in [3.05, 3.63) is 0 Å². The lowest BCUT2D eigenvalue weighted by Crippen LogP contribution is -2.50. The van der Waals surface area contributed by atoms with Gasteiger partial charge in [-0.05, 0) is 6.42 Å². The zero-order chi connectivity index (χ0) is 9.59. The molecule has 76 valence electrons. The Labute approximate surface area is 76.1 Å². The van der Waals surface area contributed by atoms with Crippen LogP contribution < -0.4 is 5.73 Å². The molecule has 0 aromatic carbocycles. The Hall–Kier alpha value is -0.200. The first kappa shape index (κ1) is 9.36. The van der Waals surface area contributed by atoms with Crippen molar-refractivity contribution >= 4 is 0 Å². The third kappa shape index (κ3) is 1.28. The molecule has 5 N–H and O–H groups in total. The van der Waals surface area contributed by atoms with Crippen LogP contribution in [-0.4, -0.2) is 52.4 Å². The number of hydrogen-bond acceptors (Lipinski definition) is 5. The number of aliphatic hydroxyl groups is 3. The lowest BCUT2D eigenvalue weighted by Gasteiger charge is -2.33. The second-order valence-electron chi connectivity index (χ2n) is 3.88. The first-order valence-electron chi connectivity index (χ1n) is 4.53. The van der Waals surface area contributed by atoms with Crippen molar-refractivity contribution in [2.24, 2.45) is 11.7 Å². The van der Waals surface area contributed by atoms with Crippen LogP contribution in [0.2, 0.25) is 0 Å². The third-order valence-electron chi connectivity index (χ3n) is 3.09. The van der Waals surface area contributed by atoms with E-state index in [0.717, 1.165) is 0 Å². The minimum atomic E-state index is -0.906. The number of hydrogen-bond donors (Lipinski definition) is 4. The van der Waals surface area contributed by atoms with E-state index in [4.69, 9.17) is 15.6 Å². The molecule has 0 amide bonds. The van der Waals surface area contributed by atoms with Crippen LogP contribution in [0.3, 0.4) is 0 Å². The van der Waals surface area contributed by atoms with Crippen molar-refractivity contribution < 1.29 is 20.1 Å². The summed E-state index contributed by atoms with van der Waals surface area (Å²) in [6, 6.07) is -0.381. The molecule has 13 heavy (non-hydrogen) atoms. The summed E-state index contributed by atoms with van der Waals surface area (Å²) in [7, 11) is 0. The fourth-order valence-corrected chi connectivity index (χ4v) is 2.21. The molecule has 0 saturated carbocycles. The first-order valence-corrected chi connectivity index (χ1v) is 4.53. The number of fused-ring (bicyclic) bond motifs is 2. The predicted octanol–water partition coefficient (Wildman–Crippen LogP) is -2.18. The van der Waals surface area contributed by atoms with Crippen molar-refractivity contribution in [3.63, 3.8) is 0 Å². The summed E-state index contributed by atoms with van der Waals surface area (Å²) in [5.74, 6) is -0.0736. The number of nitrogens with two attached hydrogens (primary N) is 1. The highest BCUT2D eigenvalue weighted by atomic mass is 16.5. The number of rotatable bonds is 1. The van der Waals surface area contributed by atoms with E-state index in [2.05, 4.69) is 0 Å². The third-order valence-corrected chi connectivity index (χ3v) is 3.09. The molecule has 0 spiro atoms. The standard InChI is InChI=1S/C8H15NO4/c9-5-3(2-10)1-4-6(11)7(12)8(5)13-4/h3-8,10-12H,1-2,9H2/t3-,4-,5+,6-,7+,8+/m0/s1. The normalized spacial score (nSPS) is 55.4. The lowest BCUT2D eigenvalue weighted by molar-refractivity contribution is -0.0706. The van der Waals surface area contributed by atoms with Crippen LogP contribution in [0.5, 0.6) is 0 Å². The summed E-state index contributed by atoms with van der Waals surface area (Å²) < 4.78 is 5.33. The minimum absolute atomic E-state index is 0.0169. The summed E-state index contributed by atoms with van der Waals surface area (Å²) in [4.78, 5) is 0. The van der Waals surface area contributed by atoms with Gasteiger partial charge >= 0.3 is 0 Å². The Balaban J connectivity index is 2.16. The van der Waals surface area contributed by atoms with E-state index in [9.17, 15) is 10.2 Å². The van der Waals surface area contributed by atoms with Crippen LogP contribution in [0.1, 0.15) is 6.42 Å². The maximum atomic E-state index is 9.51. The fraction of sp³-hybridized carbons (Fsp3) is 1.00. The average molecular weight is 189 g/mol. The molecular weight excluding hydrogens is 174 g/mol. The van der Waals surface area contributed by atoms with Gasteiger partial charge in [-0.2, -0.15) is 0 Å². The van der Waals surface area contributed by atoms with Gasteiger partial charge in [0.2, 0.25) is 0 Å². The summed E-state index contributed by atoms with van der Waals surface area (Å²) >= 11 is 0. The van der Waals surface area contributed by atoms with Crippen molar-refractivity contribution in [1.82, 2.24) is 0 Å². The van der Waals surface area contributed by atoms with Gasteiger partial charge in [-0.3, -0.25) is 0 Å². The lowest BCUT2D eigenvalue weighted by atomic mass is 9.91. The molecule has 2 aliphatic heterocycles. The van der Waals surface area contributed by atoms with Crippen molar-refractivity contribution in [1.29, 1.82) is 0 Å². The molecule has 0 aliphatic carbocycles. The van der Waals surface area contributed by atoms with Gasteiger partial charge in [0.05, 0.1) is 6.10 Å². The van der Waals surface area contributed by atoms with Crippen LogP contribution in [-0.2, 0) is 4.74 Å². The zero-order valence-corrected chi connectivity index (χ0v) is 7.21. The van der Waals surface area contributed by atoms with Gasteiger partial charge in [-0.15, -0.1) is 0 Å². The zero-order valence-electron chi connectivity index (χ0n) is 7.21. The van der Waals surface area contributed by atoms with Gasteiger partial charge in [-0.1, -0.05) is 0 Å². The summed E-state index contributed by atoms with van der Waals surface area (Å²) in [6.07, 6.45) is -2.13. The van der Waals surface area contributed by atoms with Crippen molar-refractivity contribution in [2.75, 3.05) is 6.61 Å². The Kier molecular flexibility index (Phi) is 2.29. The predicted molar refractivity (Wildman–Crippen MR) is 43.8 cm³/mol. The van der Waals surface area contributed by atoms with Crippen LogP contribution in [0.25, 0.3) is 0 Å². The van der Waals surface area contributed by atoms with Crippen LogP contribution in [0.4, 0.5) is 0 Å². The topological polar surface area (TPSA) is 95.9 Å². The molecule has 2 aliphatic rings. The van der Waals surface area contributed by atoms with Crippen molar-refractivity contribution in [2.45, 2.75) is 36.9 Å². The maximum Gasteiger partial charge on any atom is 0.110 e. The molecule has 2 bridgehead atoms. The molecule has 2 saturated heterocycles. The summed E-state index contributed by atoms with van der Waals surface area (Å²) in [5, 5.41) is 28.0. The highest BCUT2D eigenvalue weighted by Crippen LogP contribution is 2.35. The Morgan fingerprint density at radius 3 is 2.62 bits per heavy atom. The molecule has 0 aromatic heterocycles. The number of ether oxygens (including phenoxy) is 1. The molecule has 0 radical (unpaired) electrons. The molecule has 0 aromatic rings. The molecule has 2 rings (SSSR count). The second kappa shape index (κ2) is 3.18. The van der Waals surface area contributed by atoms with Gasteiger partial charge < -0.3 is 25.8 Å².